The summed E-state index contributed by atoms with van der Waals surface area (Å²) >= 11 is 10.9. The first-order chi connectivity index (χ1) is 16.9. The molecule has 0 spiro atoms. The lowest BCUT2D eigenvalue weighted by molar-refractivity contribution is -0.132. The SMILES string of the molecule is CCOc1ccc(/C(O)=C2\C(=O)C(=O)N(c3nc4ccc(Cl)cc4s3)C2c2cccc(Br)c2)cc1. The third-order valence-corrected chi connectivity index (χ3v) is 7.34. The fraction of sp³-hybridized carbons (Fsp3) is 0.115. The molecule has 0 aliphatic carbocycles. The predicted octanol–water partition coefficient (Wildman–Crippen LogP) is 6.74. The summed E-state index contributed by atoms with van der Waals surface area (Å²) in [5.41, 5.74) is 1.72. The Hall–Kier alpha value is -3.20. The van der Waals surface area contributed by atoms with Gasteiger partial charge in [-0.2, -0.15) is 0 Å². The molecule has 1 atom stereocenters. The highest BCUT2D eigenvalue weighted by Crippen LogP contribution is 2.45. The lowest BCUT2D eigenvalue weighted by Crippen LogP contribution is -2.29. The Morgan fingerprint density at radius 3 is 2.63 bits per heavy atom. The molecular formula is C26H18BrClN2O4S. The van der Waals surface area contributed by atoms with Gasteiger partial charge in [-0.3, -0.25) is 14.5 Å². The van der Waals surface area contributed by atoms with Crippen LogP contribution in [0.25, 0.3) is 16.0 Å². The zero-order chi connectivity index (χ0) is 24.7. The van der Waals surface area contributed by atoms with Crippen LogP contribution in [0.3, 0.4) is 0 Å². The van der Waals surface area contributed by atoms with E-state index in [1.807, 2.05) is 31.2 Å². The Labute approximate surface area is 218 Å². The maximum absolute atomic E-state index is 13.3. The number of halogens is 2. The summed E-state index contributed by atoms with van der Waals surface area (Å²) < 4.78 is 7.03. The van der Waals surface area contributed by atoms with Crippen LogP contribution in [0.5, 0.6) is 5.75 Å². The summed E-state index contributed by atoms with van der Waals surface area (Å²) in [6.45, 7) is 2.38. The van der Waals surface area contributed by atoms with Gasteiger partial charge in [0.15, 0.2) is 5.13 Å². The van der Waals surface area contributed by atoms with Gasteiger partial charge in [0.25, 0.3) is 5.78 Å². The number of rotatable bonds is 5. The second-order valence-electron chi connectivity index (χ2n) is 7.79. The molecule has 176 valence electrons. The quantitative estimate of drug-likeness (QED) is 0.164. The highest BCUT2D eigenvalue weighted by atomic mass is 79.9. The molecule has 1 unspecified atom stereocenters. The van der Waals surface area contributed by atoms with Crippen molar-refractivity contribution >= 4 is 71.7 Å². The van der Waals surface area contributed by atoms with Crippen LogP contribution in [-0.4, -0.2) is 28.4 Å². The maximum atomic E-state index is 13.3. The Morgan fingerprint density at radius 1 is 1.14 bits per heavy atom. The van der Waals surface area contributed by atoms with Crippen LogP contribution >= 0.6 is 38.9 Å². The number of benzene rings is 3. The second-order valence-corrected chi connectivity index (χ2v) is 10.2. The standard InChI is InChI=1S/C26H18BrClN2O4S/c1-2-34-18-9-6-14(7-10-18)23(31)21-22(15-4-3-5-16(27)12-15)30(25(33)24(21)32)26-29-19-11-8-17(28)13-20(19)35-26/h3-13,22,31H,2H2,1H3/b23-21+. The summed E-state index contributed by atoms with van der Waals surface area (Å²) in [4.78, 5) is 32.6. The third kappa shape index (κ3) is 4.33. The molecular weight excluding hydrogens is 552 g/mol. The highest BCUT2D eigenvalue weighted by Gasteiger charge is 2.48. The molecule has 0 radical (unpaired) electrons. The topological polar surface area (TPSA) is 79.7 Å². The van der Waals surface area contributed by atoms with Gasteiger partial charge < -0.3 is 9.84 Å². The molecule has 0 bridgehead atoms. The van der Waals surface area contributed by atoms with E-state index in [9.17, 15) is 14.7 Å². The minimum Gasteiger partial charge on any atom is -0.507 e. The highest BCUT2D eigenvalue weighted by molar-refractivity contribution is 9.10. The minimum atomic E-state index is -0.866. The van der Waals surface area contributed by atoms with Crippen molar-refractivity contribution in [3.05, 3.63) is 92.9 Å². The lowest BCUT2D eigenvalue weighted by Gasteiger charge is -2.23. The first-order valence-corrected chi connectivity index (χ1v) is 12.7. The van der Waals surface area contributed by atoms with E-state index >= 15 is 0 Å². The number of ketones is 1. The third-order valence-electron chi connectivity index (χ3n) is 5.59. The first kappa shape index (κ1) is 23.5. The number of ether oxygens (including phenoxy) is 1. The molecule has 1 fully saturated rings. The van der Waals surface area contributed by atoms with Crippen molar-refractivity contribution in [2.45, 2.75) is 13.0 Å². The Morgan fingerprint density at radius 2 is 1.91 bits per heavy atom. The number of nitrogens with zero attached hydrogens (tertiary/aromatic N) is 2. The van der Waals surface area contributed by atoms with Gasteiger partial charge in [0, 0.05) is 15.1 Å². The van der Waals surface area contributed by atoms with Gasteiger partial charge in [-0.05, 0) is 67.1 Å². The molecule has 1 N–H and O–H groups in total. The van der Waals surface area contributed by atoms with Crippen LogP contribution in [0, 0.1) is 0 Å². The molecule has 9 heteroatoms. The van der Waals surface area contributed by atoms with Crippen LogP contribution in [-0.2, 0) is 9.59 Å². The number of fused-ring (bicyclic) bond motifs is 1. The van der Waals surface area contributed by atoms with Gasteiger partial charge >= 0.3 is 5.91 Å². The molecule has 0 saturated carbocycles. The molecule has 1 aliphatic rings. The number of hydrogen-bond donors (Lipinski definition) is 1. The predicted molar refractivity (Wildman–Crippen MR) is 141 cm³/mol. The van der Waals surface area contributed by atoms with E-state index in [1.165, 1.54) is 16.2 Å². The van der Waals surface area contributed by atoms with E-state index in [4.69, 9.17) is 16.3 Å². The number of hydrogen-bond acceptors (Lipinski definition) is 6. The molecule has 35 heavy (non-hydrogen) atoms. The number of thiazole rings is 1. The number of aliphatic hydroxyl groups excluding tert-OH is 1. The fourth-order valence-corrected chi connectivity index (χ4v) is 5.73. The maximum Gasteiger partial charge on any atom is 0.301 e. The van der Waals surface area contributed by atoms with Crippen LogP contribution in [0.4, 0.5) is 5.13 Å². The van der Waals surface area contributed by atoms with Gasteiger partial charge in [0.05, 0.1) is 28.4 Å². The fourth-order valence-electron chi connectivity index (χ4n) is 4.04. The van der Waals surface area contributed by atoms with Crippen molar-refractivity contribution in [1.29, 1.82) is 0 Å². The number of Topliss-reactive ketones (excluding diaryl/α,β-unsaturated/α-hetero) is 1. The molecule has 1 saturated heterocycles. The normalized spacial score (nSPS) is 17.3. The van der Waals surface area contributed by atoms with Gasteiger partial charge in [0.1, 0.15) is 11.5 Å². The largest absolute Gasteiger partial charge is 0.507 e. The van der Waals surface area contributed by atoms with Gasteiger partial charge in [-0.25, -0.2) is 4.98 Å². The van der Waals surface area contributed by atoms with Gasteiger partial charge in [0.2, 0.25) is 0 Å². The number of carbonyl (C=O) groups excluding carboxylic acids is 2. The number of aromatic nitrogens is 1. The average Bonchev–Trinajstić information content (AvgIpc) is 3.37. The zero-order valence-electron chi connectivity index (χ0n) is 18.4. The van der Waals surface area contributed by atoms with Crippen molar-refractivity contribution in [3.8, 4) is 5.75 Å². The monoisotopic (exact) mass is 568 g/mol. The smallest absolute Gasteiger partial charge is 0.301 e. The lowest BCUT2D eigenvalue weighted by atomic mass is 9.95. The summed E-state index contributed by atoms with van der Waals surface area (Å²) in [6, 6.07) is 18.4. The molecule has 5 rings (SSSR count). The van der Waals surface area contributed by atoms with Crippen LogP contribution in [0.15, 0.2) is 76.8 Å². The molecule has 6 nitrogen and oxygen atoms in total. The minimum absolute atomic E-state index is 0.00505. The number of anilines is 1. The van der Waals surface area contributed by atoms with E-state index in [0.717, 1.165) is 9.17 Å². The Bertz CT molecular complexity index is 1500. The summed E-state index contributed by atoms with van der Waals surface area (Å²) in [7, 11) is 0. The van der Waals surface area contributed by atoms with Gasteiger partial charge in [-0.15, -0.1) is 0 Å². The number of amides is 1. The Kier molecular flexibility index (Phi) is 6.35. The summed E-state index contributed by atoms with van der Waals surface area (Å²) in [6.07, 6.45) is 0. The van der Waals surface area contributed by atoms with Crippen molar-refractivity contribution in [2.75, 3.05) is 11.5 Å². The molecule has 4 aromatic rings. The van der Waals surface area contributed by atoms with E-state index < -0.39 is 17.7 Å². The molecule has 2 heterocycles. The van der Waals surface area contributed by atoms with Crippen LogP contribution < -0.4 is 9.64 Å². The van der Waals surface area contributed by atoms with Crippen molar-refractivity contribution in [2.24, 2.45) is 0 Å². The molecule has 1 amide bonds. The van der Waals surface area contributed by atoms with E-state index in [1.54, 1.807) is 42.5 Å². The molecule has 1 aromatic heterocycles. The summed E-state index contributed by atoms with van der Waals surface area (Å²) in [5, 5.41) is 12.2. The van der Waals surface area contributed by atoms with Crippen molar-refractivity contribution in [3.63, 3.8) is 0 Å². The van der Waals surface area contributed by atoms with E-state index in [0.29, 0.717) is 39.2 Å². The van der Waals surface area contributed by atoms with Crippen LogP contribution in [0.1, 0.15) is 24.1 Å². The molecule has 3 aromatic carbocycles. The van der Waals surface area contributed by atoms with E-state index in [-0.39, 0.29) is 11.3 Å². The Balaban J connectivity index is 1.69. The average molecular weight is 570 g/mol. The number of carbonyl (C=O) groups is 2. The zero-order valence-corrected chi connectivity index (χ0v) is 21.5. The van der Waals surface area contributed by atoms with Crippen molar-refractivity contribution in [1.82, 2.24) is 4.98 Å². The van der Waals surface area contributed by atoms with Crippen LogP contribution in [0.2, 0.25) is 5.02 Å². The van der Waals surface area contributed by atoms with Crippen molar-refractivity contribution < 1.29 is 19.4 Å². The first-order valence-electron chi connectivity index (χ1n) is 10.7. The van der Waals surface area contributed by atoms with Gasteiger partial charge in [-0.1, -0.05) is 51.0 Å². The second kappa shape index (κ2) is 9.45. The number of aliphatic hydroxyl groups is 1. The molecule has 1 aliphatic heterocycles. The summed E-state index contributed by atoms with van der Waals surface area (Å²) in [5.74, 6) is -1.16. The van der Waals surface area contributed by atoms with E-state index in [2.05, 4.69) is 20.9 Å².